The van der Waals surface area contributed by atoms with Crippen LogP contribution in [0.3, 0.4) is 0 Å². The van der Waals surface area contributed by atoms with Gasteiger partial charge in [-0.15, -0.1) is 0 Å². The van der Waals surface area contributed by atoms with Crippen molar-refractivity contribution in [2.45, 2.75) is 69.6 Å². The molecule has 0 spiro atoms. The molecule has 3 heterocycles. The lowest BCUT2D eigenvalue weighted by Crippen LogP contribution is -2.61. The van der Waals surface area contributed by atoms with Gasteiger partial charge >= 0.3 is 0 Å². The van der Waals surface area contributed by atoms with Gasteiger partial charge in [0.2, 0.25) is 0 Å². The van der Waals surface area contributed by atoms with E-state index in [9.17, 15) is 4.79 Å². The van der Waals surface area contributed by atoms with Gasteiger partial charge in [-0.1, -0.05) is 56.2 Å². The van der Waals surface area contributed by atoms with E-state index in [1.807, 2.05) is 18.2 Å². The summed E-state index contributed by atoms with van der Waals surface area (Å²) in [6.07, 6.45) is 8.59. The third-order valence-corrected chi connectivity index (χ3v) is 7.42. The number of amides is 1. The molecule has 1 aromatic carbocycles. The molecular weight excluding hydrogens is 346 g/mol. The zero-order valence-corrected chi connectivity index (χ0v) is 16.6. The van der Waals surface area contributed by atoms with Gasteiger partial charge in [0, 0.05) is 29.7 Å². The number of pyridine rings is 1. The Morgan fingerprint density at radius 1 is 1.14 bits per heavy atom. The monoisotopic (exact) mass is 375 g/mol. The van der Waals surface area contributed by atoms with Crippen molar-refractivity contribution >= 4 is 5.91 Å². The van der Waals surface area contributed by atoms with Gasteiger partial charge in [0.25, 0.3) is 5.91 Å². The Labute approximate surface area is 167 Å². The van der Waals surface area contributed by atoms with Crippen LogP contribution in [0.2, 0.25) is 0 Å². The van der Waals surface area contributed by atoms with E-state index >= 15 is 0 Å². The van der Waals surface area contributed by atoms with Crippen LogP contribution in [-0.2, 0) is 6.42 Å². The lowest BCUT2D eigenvalue weighted by atomic mass is 9.69. The molecule has 0 radical (unpaired) electrons. The molecule has 2 aromatic rings. The summed E-state index contributed by atoms with van der Waals surface area (Å²) in [6.45, 7) is 2.41. The molecule has 1 aromatic heterocycles. The number of benzene rings is 1. The number of carbonyl (C=O) groups excluding carboxylic acids is 1. The summed E-state index contributed by atoms with van der Waals surface area (Å²) in [5.41, 5.74) is 2.04. The molecule has 5 atom stereocenters. The first-order chi connectivity index (χ1) is 13.7. The fourth-order valence-electron chi connectivity index (χ4n) is 6.06. The summed E-state index contributed by atoms with van der Waals surface area (Å²) in [5, 5.41) is 3.96. The minimum atomic E-state index is 0.104. The number of nitrogens with zero attached hydrogens (tertiary/aromatic N) is 2. The normalized spacial score (nSPS) is 34.1. The number of aromatic nitrogens is 1. The van der Waals surface area contributed by atoms with Crippen LogP contribution in [0.4, 0.5) is 0 Å². The second-order valence-electron chi connectivity index (χ2n) is 9.02. The van der Waals surface area contributed by atoms with E-state index < -0.39 is 0 Å². The van der Waals surface area contributed by atoms with Crippen LogP contribution in [0, 0.1) is 5.41 Å². The van der Waals surface area contributed by atoms with Gasteiger partial charge < -0.3 is 10.2 Å². The zero-order chi connectivity index (χ0) is 19.1. The standard InChI is InChI=1S/C24H29N3O/c1-24-16-19-20(15-17-9-3-2-4-10-17)27(23(28)18-11-7-8-14-25-18)22(24)13-6-5-12-21(24)26-19/h2-4,7-11,14,19-22,26H,5-6,12-13,15-16H2,1H3/t19-,20-,21-,22+,24-/m0/s1. The molecule has 28 heavy (non-hydrogen) atoms. The zero-order valence-electron chi connectivity index (χ0n) is 16.6. The number of fused-ring (bicyclic) bond motifs is 1. The molecule has 4 nitrogen and oxygen atoms in total. The fraction of sp³-hybridized carbons (Fsp3) is 0.500. The summed E-state index contributed by atoms with van der Waals surface area (Å²) < 4.78 is 0. The average Bonchev–Trinajstić information content (AvgIpc) is 2.94. The first-order valence-corrected chi connectivity index (χ1v) is 10.7. The highest BCUT2D eigenvalue weighted by Gasteiger charge is 2.59. The third kappa shape index (κ3) is 2.86. The number of likely N-dealkylation sites (tertiary alicyclic amines) is 1. The van der Waals surface area contributed by atoms with Crippen LogP contribution < -0.4 is 5.32 Å². The van der Waals surface area contributed by atoms with Crippen LogP contribution in [-0.4, -0.2) is 40.0 Å². The topological polar surface area (TPSA) is 45.2 Å². The van der Waals surface area contributed by atoms with E-state index in [-0.39, 0.29) is 23.4 Å². The van der Waals surface area contributed by atoms with Gasteiger partial charge in [-0.3, -0.25) is 9.78 Å². The third-order valence-electron chi connectivity index (χ3n) is 7.42. The first kappa shape index (κ1) is 17.9. The summed E-state index contributed by atoms with van der Waals surface area (Å²) in [7, 11) is 0. The second-order valence-corrected chi connectivity index (χ2v) is 9.02. The summed E-state index contributed by atoms with van der Waals surface area (Å²) >= 11 is 0. The first-order valence-electron chi connectivity index (χ1n) is 10.7. The lowest BCUT2D eigenvalue weighted by Gasteiger charge is -2.51. The number of piperidine rings is 1. The Morgan fingerprint density at radius 3 is 2.71 bits per heavy atom. The van der Waals surface area contributed by atoms with Crippen molar-refractivity contribution in [1.29, 1.82) is 0 Å². The molecule has 0 unspecified atom stereocenters. The molecule has 1 aliphatic carbocycles. The molecule has 3 aliphatic rings. The molecular formula is C24H29N3O. The molecule has 146 valence electrons. The van der Waals surface area contributed by atoms with E-state index in [0.29, 0.717) is 17.8 Å². The van der Waals surface area contributed by atoms with E-state index in [2.05, 4.69) is 52.5 Å². The van der Waals surface area contributed by atoms with Gasteiger partial charge in [0.1, 0.15) is 5.69 Å². The fourth-order valence-corrected chi connectivity index (χ4v) is 6.06. The molecule has 1 amide bonds. The molecule has 2 bridgehead atoms. The summed E-state index contributed by atoms with van der Waals surface area (Å²) in [5.74, 6) is 0.104. The van der Waals surface area contributed by atoms with E-state index in [4.69, 9.17) is 0 Å². The maximum Gasteiger partial charge on any atom is 0.273 e. The summed E-state index contributed by atoms with van der Waals surface area (Å²) in [4.78, 5) is 20.4. The number of hydrogen-bond donors (Lipinski definition) is 1. The van der Waals surface area contributed by atoms with Crippen LogP contribution in [0.25, 0.3) is 0 Å². The molecule has 2 saturated heterocycles. The van der Waals surface area contributed by atoms with Gasteiger partial charge in [-0.25, -0.2) is 0 Å². The van der Waals surface area contributed by atoms with Crippen LogP contribution in [0.1, 0.15) is 55.1 Å². The Balaban J connectivity index is 1.56. The predicted molar refractivity (Wildman–Crippen MR) is 110 cm³/mol. The highest BCUT2D eigenvalue weighted by atomic mass is 16.2. The predicted octanol–water partition coefficient (Wildman–Crippen LogP) is 3.83. The second kappa shape index (κ2) is 7.00. The number of nitrogens with one attached hydrogen (secondary N) is 1. The van der Waals surface area contributed by atoms with Gasteiger partial charge in [0.05, 0.1) is 6.04 Å². The Bertz CT molecular complexity index is 839. The minimum Gasteiger partial charge on any atom is -0.329 e. The van der Waals surface area contributed by atoms with Gasteiger partial charge in [-0.2, -0.15) is 0 Å². The number of hydrogen-bond acceptors (Lipinski definition) is 3. The average molecular weight is 376 g/mol. The van der Waals surface area contributed by atoms with Crippen molar-refractivity contribution in [3.05, 3.63) is 66.0 Å². The quantitative estimate of drug-likeness (QED) is 0.887. The molecule has 3 fully saturated rings. The van der Waals surface area contributed by atoms with Gasteiger partial charge in [-0.05, 0) is 43.4 Å². The van der Waals surface area contributed by atoms with Crippen LogP contribution in [0.15, 0.2) is 54.7 Å². The van der Waals surface area contributed by atoms with Crippen molar-refractivity contribution in [3.8, 4) is 0 Å². The smallest absolute Gasteiger partial charge is 0.273 e. The minimum absolute atomic E-state index is 0.104. The lowest BCUT2D eigenvalue weighted by molar-refractivity contribution is 0.00271. The van der Waals surface area contributed by atoms with Crippen LogP contribution in [0.5, 0.6) is 0 Å². The highest BCUT2D eigenvalue weighted by molar-refractivity contribution is 5.93. The Hall–Kier alpha value is -2.20. The highest BCUT2D eigenvalue weighted by Crippen LogP contribution is 2.51. The molecule has 1 N–H and O–H groups in total. The summed E-state index contributed by atoms with van der Waals surface area (Å²) in [6, 6.07) is 17.6. The SMILES string of the molecule is C[C@]12C[C@@H]3N[C@H]1CCCC[C@H]2N(C(=O)c1ccccn1)[C@H]3Cc1ccccc1. The molecule has 4 heteroatoms. The molecule has 1 saturated carbocycles. The maximum atomic E-state index is 13.7. The van der Waals surface area contributed by atoms with Crippen LogP contribution >= 0.6 is 0 Å². The number of carbonyl (C=O) groups is 1. The van der Waals surface area contributed by atoms with E-state index in [1.165, 1.54) is 31.2 Å². The molecule has 2 aliphatic heterocycles. The van der Waals surface area contributed by atoms with Crippen molar-refractivity contribution in [3.63, 3.8) is 0 Å². The van der Waals surface area contributed by atoms with Crippen molar-refractivity contribution in [2.75, 3.05) is 0 Å². The largest absolute Gasteiger partial charge is 0.329 e. The molecule has 5 rings (SSSR count). The van der Waals surface area contributed by atoms with E-state index in [0.717, 1.165) is 12.8 Å². The van der Waals surface area contributed by atoms with Crippen molar-refractivity contribution in [1.82, 2.24) is 15.2 Å². The Morgan fingerprint density at radius 2 is 1.93 bits per heavy atom. The van der Waals surface area contributed by atoms with Crippen molar-refractivity contribution < 1.29 is 4.79 Å². The Kier molecular flexibility index (Phi) is 4.47. The van der Waals surface area contributed by atoms with Crippen molar-refractivity contribution in [2.24, 2.45) is 5.41 Å². The van der Waals surface area contributed by atoms with Gasteiger partial charge in [0.15, 0.2) is 0 Å². The van der Waals surface area contributed by atoms with E-state index in [1.54, 1.807) is 6.20 Å². The number of rotatable bonds is 3. The maximum absolute atomic E-state index is 13.7.